The molecule has 134 valence electrons. The highest BCUT2D eigenvalue weighted by atomic mass is 32.2. The average Bonchev–Trinajstić information content (AvgIpc) is 3.16. The van der Waals surface area contributed by atoms with Crippen LogP contribution in [0.1, 0.15) is 5.76 Å². The first-order chi connectivity index (χ1) is 12.7. The molecule has 2 aromatic carbocycles. The van der Waals surface area contributed by atoms with Crippen LogP contribution in [0, 0.1) is 0 Å². The van der Waals surface area contributed by atoms with E-state index >= 15 is 0 Å². The van der Waals surface area contributed by atoms with Gasteiger partial charge in [0.05, 0.1) is 18.4 Å². The van der Waals surface area contributed by atoms with Crippen molar-refractivity contribution in [1.29, 1.82) is 0 Å². The van der Waals surface area contributed by atoms with Gasteiger partial charge in [-0.3, -0.25) is 4.79 Å². The highest BCUT2D eigenvalue weighted by molar-refractivity contribution is 8.00. The maximum absolute atomic E-state index is 12.2. The van der Waals surface area contributed by atoms with E-state index in [9.17, 15) is 4.79 Å². The minimum atomic E-state index is -0.171. The Balaban J connectivity index is 1.71. The summed E-state index contributed by atoms with van der Waals surface area (Å²) in [6.07, 6.45) is 0. The third-order valence-corrected chi connectivity index (χ3v) is 4.69. The average molecular weight is 369 g/mol. The minimum absolute atomic E-state index is 0.0922. The molecule has 0 fully saturated rings. The number of furan rings is 1. The SMILES string of the molecule is COc1ccc(NC(=O)CSc2ccccc2)cc1-c1ccc(CO)o1. The van der Waals surface area contributed by atoms with E-state index in [1.807, 2.05) is 30.3 Å². The van der Waals surface area contributed by atoms with Crippen LogP contribution in [0.15, 0.2) is 70.0 Å². The smallest absolute Gasteiger partial charge is 0.234 e. The number of hydrogen-bond acceptors (Lipinski definition) is 5. The Morgan fingerprint density at radius 2 is 1.96 bits per heavy atom. The number of rotatable bonds is 7. The van der Waals surface area contributed by atoms with E-state index in [0.29, 0.717) is 34.3 Å². The van der Waals surface area contributed by atoms with Gasteiger partial charge < -0.3 is 19.6 Å². The number of carbonyl (C=O) groups is 1. The van der Waals surface area contributed by atoms with E-state index in [0.717, 1.165) is 4.90 Å². The highest BCUT2D eigenvalue weighted by Gasteiger charge is 2.13. The molecular weight excluding hydrogens is 350 g/mol. The van der Waals surface area contributed by atoms with E-state index in [4.69, 9.17) is 14.3 Å². The van der Waals surface area contributed by atoms with Gasteiger partial charge in [-0.2, -0.15) is 0 Å². The molecule has 0 aliphatic carbocycles. The van der Waals surface area contributed by atoms with Gasteiger partial charge in [-0.25, -0.2) is 0 Å². The number of anilines is 1. The van der Waals surface area contributed by atoms with Gasteiger partial charge in [0.1, 0.15) is 23.9 Å². The lowest BCUT2D eigenvalue weighted by Crippen LogP contribution is -2.14. The molecule has 2 N–H and O–H groups in total. The fourth-order valence-corrected chi connectivity index (χ4v) is 3.17. The molecule has 6 heteroatoms. The number of methoxy groups -OCH3 is 1. The van der Waals surface area contributed by atoms with E-state index in [-0.39, 0.29) is 12.5 Å². The van der Waals surface area contributed by atoms with Crippen molar-refractivity contribution in [3.05, 3.63) is 66.4 Å². The third kappa shape index (κ3) is 4.47. The first-order valence-electron chi connectivity index (χ1n) is 8.05. The Morgan fingerprint density at radius 3 is 2.65 bits per heavy atom. The molecule has 0 atom stereocenters. The lowest BCUT2D eigenvalue weighted by molar-refractivity contribution is -0.113. The zero-order valence-corrected chi connectivity index (χ0v) is 15.1. The van der Waals surface area contributed by atoms with Crippen molar-refractivity contribution >= 4 is 23.4 Å². The second-order valence-electron chi connectivity index (χ2n) is 5.49. The number of hydrogen-bond donors (Lipinski definition) is 2. The van der Waals surface area contributed by atoms with Gasteiger partial charge in [0.2, 0.25) is 5.91 Å². The maximum Gasteiger partial charge on any atom is 0.234 e. The van der Waals surface area contributed by atoms with E-state index in [1.54, 1.807) is 37.4 Å². The molecule has 1 amide bonds. The van der Waals surface area contributed by atoms with Crippen molar-refractivity contribution in [2.75, 3.05) is 18.2 Å². The van der Waals surface area contributed by atoms with Crippen LogP contribution >= 0.6 is 11.8 Å². The van der Waals surface area contributed by atoms with Crippen LogP contribution < -0.4 is 10.1 Å². The third-order valence-electron chi connectivity index (χ3n) is 3.68. The van der Waals surface area contributed by atoms with Crippen LogP contribution in [-0.2, 0) is 11.4 Å². The summed E-state index contributed by atoms with van der Waals surface area (Å²) in [7, 11) is 1.57. The number of nitrogens with one attached hydrogen (secondary N) is 1. The van der Waals surface area contributed by atoms with Crippen molar-refractivity contribution in [2.45, 2.75) is 11.5 Å². The van der Waals surface area contributed by atoms with E-state index < -0.39 is 0 Å². The summed E-state index contributed by atoms with van der Waals surface area (Å²) in [6.45, 7) is -0.171. The second kappa shape index (κ2) is 8.60. The van der Waals surface area contributed by atoms with Crippen LogP contribution in [0.3, 0.4) is 0 Å². The lowest BCUT2D eigenvalue weighted by atomic mass is 10.1. The fourth-order valence-electron chi connectivity index (χ4n) is 2.45. The van der Waals surface area contributed by atoms with Crippen LogP contribution in [0.2, 0.25) is 0 Å². The van der Waals surface area contributed by atoms with Crippen LogP contribution in [0.25, 0.3) is 11.3 Å². The monoisotopic (exact) mass is 369 g/mol. The summed E-state index contributed by atoms with van der Waals surface area (Å²) in [5, 5.41) is 12.1. The summed E-state index contributed by atoms with van der Waals surface area (Å²) in [5.74, 6) is 1.89. The molecule has 1 heterocycles. The van der Waals surface area contributed by atoms with Gasteiger partial charge in [-0.1, -0.05) is 18.2 Å². The lowest BCUT2D eigenvalue weighted by Gasteiger charge is -2.10. The molecule has 1 aromatic heterocycles. The summed E-state index contributed by atoms with van der Waals surface area (Å²) >= 11 is 1.48. The normalized spacial score (nSPS) is 10.5. The molecular formula is C20H19NO4S. The summed E-state index contributed by atoms with van der Waals surface area (Å²) in [4.78, 5) is 13.3. The first kappa shape index (κ1) is 18.1. The summed E-state index contributed by atoms with van der Waals surface area (Å²) < 4.78 is 10.9. The van der Waals surface area contributed by atoms with Gasteiger partial charge >= 0.3 is 0 Å². The van der Waals surface area contributed by atoms with Crippen LogP contribution in [-0.4, -0.2) is 23.9 Å². The largest absolute Gasteiger partial charge is 0.496 e. The van der Waals surface area contributed by atoms with Crippen molar-refractivity contribution < 1.29 is 19.1 Å². The van der Waals surface area contributed by atoms with Crippen molar-refractivity contribution in [1.82, 2.24) is 0 Å². The topological polar surface area (TPSA) is 71.7 Å². The molecule has 0 saturated carbocycles. The Kier molecular flexibility index (Phi) is 5.99. The Bertz CT molecular complexity index is 877. The molecule has 5 nitrogen and oxygen atoms in total. The summed E-state index contributed by atoms with van der Waals surface area (Å²) in [6, 6.07) is 18.6. The van der Waals surface area contributed by atoms with Crippen molar-refractivity contribution in [3.63, 3.8) is 0 Å². The molecule has 3 rings (SSSR count). The van der Waals surface area contributed by atoms with Crippen molar-refractivity contribution in [3.8, 4) is 17.1 Å². The van der Waals surface area contributed by atoms with Crippen molar-refractivity contribution in [2.24, 2.45) is 0 Å². The number of aliphatic hydroxyl groups excluding tert-OH is 1. The van der Waals surface area contributed by atoms with Gasteiger partial charge in [-0.05, 0) is 42.5 Å². The zero-order chi connectivity index (χ0) is 18.4. The molecule has 0 radical (unpaired) electrons. The first-order valence-corrected chi connectivity index (χ1v) is 9.04. The minimum Gasteiger partial charge on any atom is -0.496 e. The van der Waals surface area contributed by atoms with Crippen LogP contribution in [0.4, 0.5) is 5.69 Å². The van der Waals surface area contributed by atoms with E-state index in [1.165, 1.54) is 11.8 Å². The standard InChI is InChI=1S/C20H19NO4S/c1-24-18-9-7-14(11-17(18)19-10-8-15(12-22)25-19)21-20(23)13-26-16-5-3-2-4-6-16/h2-11,22H,12-13H2,1H3,(H,21,23). The predicted octanol–water partition coefficient (Wildman–Crippen LogP) is 4.18. The molecule has 0 saturated heterocycles. The molecule has 3 aromatic rings. The van der Waals surface area contributed by atoms with Gasteiger partial charge in [-0.15, -0.1) is 11.8 Å². The molecule has 0 aliphatic heterocycles. The van der Waals surface area contributed by atoms with Crippen LogP contribution in [0.5, 0.6) is 5.75 Å². The molecule has 0 aliphatic rings. The molecule has 0 unspecified atom stereocenters. The molecule has 26 heavy (non-hydrogen) atoms. The number of thioether (sulfide) groups is 1. The number of aliphatic hydroxyl groups is 1. The molecule has 0 spiro atoms. The summed E-state index contributed by atoms with van der Waals surface area (Å²) in [5.41, 5.74) is 1.36. The Hall–Kier alpha value is -2.70. The number of benzene rings is 2. The Labute approximate surface area is 156 Å². The highest BCUT2D eigenvalue weighted by Crippen LogP contribution is 2.34. The Morgan fingerprint density at radius 1 is 1.15 bits per heavy atom. The number of carbonyl (C=O) groups excluding carboxylic acids is 1. The fraction of sp³-hybridized carbons (Fsp3) is 0.150. The molecule has 0 bridgehead atoms. The quantitative estimate of drug-likeness (QED) is 0.612. The van der Waals surface area contributed by atoms with E-state index in [2.05, 4.69) is 5.32 Å². The van der Waals surface area contributed by atoms with Gasteiger partial charge in [0.15, 0.2) is 0 Å². The zero-order valence-electron chi connectivity index (χ0n) is 14.3. The predicted molar refractivity (Wildman–Crippen MR) is 102 cm³/mol. The maximum atomic E-state index is 12.2. The van der Waals surface area contributed by atoms with Gasteiger partial charge in [0, 0.05) is 10.6 Å². The van der Waals surface area contributed by atoms with Gasteiger partial charge in [0.25, 0.3) is 0 Å². The number of ether oxygens (including phenoxy) is 1. The second-order valence-corrected chi connectivity index (χ2v) is 6.54. The number of amides is 1.